The summed E-state index contributed by atoms with van der Waals surface area (Å²) in [7, 11) is -1.90. The van der Waals surface area contributed by atoms with Crippen molar-refractivity contribution in [3.63, 3.8) is 0 Å². The Morgan fingerprint density at radius 3 is 2.67 bits per heavy atom. The lowest BCUT2D eigenvalue weighted by Crippen LogP contribution is -2.45. The number of carbonyl (C=O) groups is 1. The van der Waals surface area contributed by atoms with Crippen LogP contribution in [0.3, 0.4) is 0 Å². The van der Waals surface area contributed by atoms with Crippen LogP contribution < -0.4 is 11.1 Å². The van der Waals surface area contributed by atoms with Crippen LogP contribution in [0, 0.1) is 0 Å². The van der Waals surface area contributed by atoms with Crippen molar-refractivity contribution in [2.24, 2.45) is 5.73 Å². The van der Waals surface area contributed by atoms with Gasteiger partial charge in [-0.1, -0.05) is 39.0 Å². The fourth-order valence-corrected chi connectivity index (χ4v) is 4.53. The minimum atomic E-state index is -1.90. The van der Waals surface area contributed by atoms with Crippen molar-refractivity contribution >= 4 is 31.2 Å². The van der Waals surface area contributed by atoms with E-state index in [0.717, 1.165) is 0 Å². The molecule has 3 heterocycles. The average Bonchev–Trinajstić information content (AvgIpc) is 3.36. The second kappa shape index (κ2) is 8.94. The summed E-state index contributed by atoms with van der Waals surface area (Å²) in [5.74, 6) is 0.0971. The molecule has 1 saturated heterocycles. The topological polar surface area (TPSA) is 117 Å². The molecule has 0 spiro atoms. The minimum Gasteiger partial charge on any atom is -0.414 e. The van der Waals surface area contributed by atoms with E-state index < -0.39 is 8.32 Å². The number of nitrogens with one attached hydrogen (secondary N) is 1. The second-order valence-corrected chi connectivity index (χ2v) is 14.8. The third kappa shape index (κ3) is 4.84. The molecule has 1 aliphatic heterocycles. The van der Waals surface area contributed by atoms with E-state index >= 15 is 0 Å². The van der Waals surface area contributed by atoms with Gasteiger partial charge >= 0.3 is 0 Å². The highest BCUT2D eigenvalue weighted by Crippen LogP contribution is 2.38. The Balaban J connectivity index is 1.49. The van der Waals surface area contributed by atoms with E-state index in [0.29, 0.717) is 35.6 Å². The molecule has 3 atom stereocenters. The van der Waals surface area contributed by atoms with Gasteiger partial charge in [0.1, 0.15) is 12.6 Å². The summed E-state index contributed by atoms with van der Waals surface area (Å²) in [5.41, 5.74) is 8.03. The van der Waals surface area contributed by atoms with Crippen molar-refractivity contribution in [1.82, 2.24) is 19.5 Å². The molecule has 4 rings (SSSR count). The quantitative estimate of drug-likeness (QED) is 0.530. The molecule has 9 nitrogen and oxygen atoms in total. The zero-order valence-electron chi connectivity index (χ0n) is 19.8. The number of imidazole rings is 1. The van der Waals surface area contributed by atoms with Gasteiger partial charge in [-0.2, -0.15) is 0 Å². The lowest BCUT2D eigenvalue weighted by Gasteiger charge is -2.37. The third-order valence-electron chi connectivity index (χ3n) is 6.63. The maximum atomic E-state index is 12.6. The molecule has 0 aliphatic carbocycles. The van der Waals surface area contributed by atoms with Crippen LogP contribution in [0.4, 0.5) is 5.82 Å². The van der Waals surface area contributed by atoms with E-state index in [1.807, 2.05) is 22.8 Å². The molecule has 176 valence electrons. The summed E-state index contributed by atoms with van der Waals surface area (Å²) < 4.78 is 14.5. The van der Waals surface area contributed by atoms with Crippen molar-refractivity contribution in [3.8, 4) is 0 Å². The molecule has 1 unspecified atom stereocenters. The number of ether oxygens (including phenoxy) is 1. The molecule has 1 aliphatic rings. The highest BCUT2D eigenvalue weighted by atomic mass is 28.4. The molecule has 10 heteroatoms. The van der Waals surface area contributed by atoms with E-state index in [1.165, 1.54) is 6.33 Å². The lowest BCUT2D eigenvalue weighted by molar-refractivity contribution is -0.0207. The van der Waals surface area contributed by atoms with E-state index in [2.05, 4.69) is 54.1 Å². The van der Waals surface area contributed by atoms with Crippen molar-refractivity contribution in [1.29, 1.82) is 0 Å². The number of benzene rings is 1. The van der Waals surface area contributed by atoms with Gasteiger partial charge in [0.15, 0.2) is 25.3 Å². The molecule has 2 aromatic heterocycles. The van der Waals surface area contributed by atoms with Crippen LogP contribution in [-0.2, 0) is 9.16 Å². The van der Waals surface area contributed by atoms with Crippen LogP contribution in [0.1, 0.15) is 43.8 Å². The Hall–Kier alpha value is -2.66. The van der Waals surface area contributed by atoms with Gasteiger partial charge < -0.3 is 20.2 Å². The Bertz CT molecular complexity index is 1130. The SMILES string of the molecule is CC(C)(C)[Si](C)(C)OC[C@H]1O[C@@H](n2cnc3c(NC(=O)c4ccccc4)ncnc32)CC1N. The number of carbonyl (C=O) groups excluding carboxylic acids is 1. The standard InChI is InChI=1S/C23H32N6O3Si/c1-23(2,3)33(4,5)31-12-17-16(24)11-18(32-17)29-14-27-19-20(25-13-26-21(19)29)28-22(30)15-9-7-6-8-10-15/h6-10,13-14,16-18H,11-12,24H2,1-5H3,(H,25,26,28,30)/t16?,17-,18-/m1/s1. The Morgan fingerprint density at radius 2 is 1.97 bits per heavy atom. The molecule has 1 aromatic carbocycles. The maximum Gasteiger partial charge on any atom is 0.256 e. The van der Waals surface area contributed by atoms with Crippen LogP contribution in [0.15, 0.2) is 43.0 Å². The number of fused-ring (bicyclic) bond motifs is 1. The average molecular weight is 469 g/mol. The number of nitrogens with zero attached hydrogens (tertiary/aromatic N) is 4. The highest BCUT2D eigenvalue weighted by Gasteiger charge is 2.40. The molecular formula is C23H32N6O3Si. The normalized spacial score (nSPS) is 21.5. The van der Waals surface area contributed by atoms with Gasteiger partial charge in [-0.15, -0.1) is 0 Å². The Labute approximate surface area is 194 Å². The summed E-state index contributed by atoms with van der Waals surface area (Å²) in [5, 5.41) is 2.95. The molecule has 0 saturated carbocycles. The fraction of sp³-hybridized carbons (Fsp3) is 0.478. The van der Waals surface area contributed by atoms with E-state index in [1.54, 1.807) is 18.5 Å². The van der Waals surface area contributed by atoms with Gasteiger partial charge in [0, 0.05) is 18.0 Å². The maximum absolute atomic E-state index is 12.6. The number of nitrogens with two attached hydrogens (primary N) is 1. The van der Waals surface area contributed by atoms with Crippen LogP contribution in [0.5, 0.6) is 0 Å². The smallest absolute Gasteiger partial charge is 0.256 e. The predicted molar refractivity (Wildman–Crippen MR) is 129 cm³/mol. The first-order chi connectivity index (χ1) is 15.6. The van der Waals surface area contributed by atoms with Gasteiger partial charge in [0.25, 0.3) is 5.91 Å². The van der Waals surface area contributed by atoms with Crippen molar-refractivity contribution in [3.05, 3.63) is 48.5 Å². The number of amides is 1. The van der Waals surface area contributed by atoms with E-state index in [4.69, 9.17) is 14.9 Å². The van der Waals surface area contributed by atoms with Crippen LogP contribution in [-0.4, -0.2) is 52.5 Å². The molecule has 0 bridgehead atoms. The summed E-state index contributed by atoms with van der Waals surface area (Å²) in [6.45, 7) is 11.5. The van der Waals surface area contributed by atoms with Crippen molar-refractivity contribution in [2.45, 2.75) is 63.7 Å². The number of aromatic nitrogens is 4. The first kappa shape index (κ1) is 23.5. The zero-order chi connectivity index (χ0) is 23.8. The largest absolute Gasteiger partial charge is 0.414 e. The molecule has 3 aromatic rings. The van der Waals surface area contributed by atoms with E-state index in [9.17, 15) is 4.79 Å². The molecule has 1 fully saturated rings. The fourth-order valence-electron chi connectivity index (χ4n) is 3.52. The Morgan fingerprint density at radius 1 is 1.24 bits per heavy atom. The van der Waals surface area contributed by atoms with E-state index in [-0.39, 0.29) is 29.3 Å². The monoisotopic (exact) mass is 468 g/mol. The van der Waals surface area contributed by atoms with Crippen LogP contribution in [0.25, 0.3) is 11.2 Å². The van der Waals surface area contributed by atoms with Crippen LogP contribution >= 0.6 is 0 Å². The van der Waals surface area contributed by atoms with Gasteiger partial charge in [-0.25, -0.2) is 15.0 Å². The molecule has 3 N–H and O–H groups in total. The highest BCUT2D eigenvalue weighted by molar-refractivity contribution is 6.74. The van der Waals surface area contributed by atoms with Gasteiger partial charge in [-0.05, 0) is 30.3 Å². The first-order valence-electron chi connectivity index (χ1n) is 11.2. The number of anilines is 1. The molecular weight excluding hydrogens is 436 g/mol. The Kier molecular flexibility index (Phi) is 6.36. The third-order valence-corrected chi connectivity index (χ3v) is 11.1. The number of rotatable bonds is 6. The molecule has 33 heavy (non-hydrogen) atoms. The van der Waals surface area contributed by atoms with Gasteiger partial charge in [0.2, 0.25) is 0 Å². The minimum absolute atomic E-state index is 0.118. The zero-order valence-corrected chi connectivity index (χ0v) is 20.8. The first-order valence-corrected chi connectivity index (χ1v) is 14.1. The molecule has 0 radical (unpaired) electrons. The summed E-state index contributed by atoms with van der Waals surface area (Å²) >= 11 is 0. The van der Waals surface area contributed by atoms with Crippen molar-refractivity contribution < 1.29 is 14.0 Å². The molecule has 1 amide bonds. The second-order valence-electron chi connectivity index (χ2n) is 9.97. The van der Waals surface area contributed by atoms with Crippen molar-refractivity contribution in [2.75, 3.05) is 11.9 Å². The number of hydrogen-bond donors (Lipinski definition) is 2. The van der Waals surface area contributed by atoms with Crippen LogP contribution in [0.2, 0.25) is 18.1 Å². The van der Waals surface area contributed by atoms with Gasteiger partial charge in [0.05, 0.1) is 19.0 Å². The summed E-state index contributed by atoms with van der Waals surface area (Å²) in [6, 6.07) is 8.81. The predicted octanol–water partition coefficient (Wildman–Crippen LogP) is 3.72. The summed E-state index contributed by atoms with van der Waals surface area (Å²) in [4.78, 5) is 25.6. The lowest BCUT2D eigenvalue weighted by atomic mass is 10.1. The number of hydrogen-bond acceptors (Lipinski definition) is 7. The van der Waals surface area contributed by atoms with Gasteiger partial charge in [-0.3, -0.25) is 9.36 Å². The summed E-state index contributed by atoms with van der Waals surface area (Å²) in [6.07, 6.45) is 3.17.